The Labute approximate surface area is 179 Å². The van der Waals surface area contributed by atoms with Gasteiger partial charge < -0.3 is 20.4 Å². The second-order valence-electron chi connectivity index (χ2n) is 6.53. The van der Waals surface area contributed by atoms with E-state index in [1.165, 1.54) is 0 Å². The van der Waals surface area contributed by atoms with Crippen LogP contribution in [0.4, 0.5) is 0 Å². The molecule has 0 aliphatic heterocycles. The van der Waals surface area contributed by atoms with E-state index in [-0.39, 0.29) is 23.6 Å². The van der Waals surface area contributed by atoms with Crippen LogP contribution in [0.15, 0.2) is 72.8 Å². The maximum atomic E-state index is 11.7. The summed E-state index contributed by atoms with van der Waals surface area (Å²) in [6, 6.07) is 20.4. The first-order valence-corrected chi connectivity index (χ1v) is 9.61. The van der Waals surface area contributed by atoms with E-state index in [1.54, 1.807) is 78.9 Å². The van der Waals surface area contributed by atoms with E-state index in [0.717, 1.165) is 5.56 Å². The molecule has 3 aromatic carbocycles. The molecule has 5 nitrogen and oxygen atoms in total. The Hall–Kier alpha value is -3.57. The summed E-state index contributed by atoms with van der Waals surface area (Å²) in [5.74, 6) is -0.393. The number of aromatic hydroxyl groups is 1. The van der Waals surface area contributed by atoms with Crippen molar-refractivity contribution in [2.24, 2.45) is 0 Å². The van der Waals surface area contributed by atoms with Crippen molar-refractivity contribution in [3.63, 3.8) is 0 Å². The molecule has 0 atom stereocenters. The highest BCUT2D eigenvalue weighted by atomic mass is 35.5. The number of benzene rings is 3. The predicted octanol–water partition coefficient (Wildman–Crippen LogP) is 5.51. The standard InChI is InChI=1S/C24H20ClNO4/c25-18-9-5-16(6-10-18)15-21(24(28)29)17-7-11-19(12-8-17)30-14-13-22(26)20-3-1-2-4-23(20)27/h1-12,15,26-27H,13-14H2,(H,28,29)/b21-15+,26-22?. The summed E-state index contributed by atoms with van der Waals surface area (Å²) in [5, 5.41) is 28.0. The largest absolute Gasteiger partial charge is 0.507 e. The van der Waals surface area contributed by atoms with Gasteiger partial charge >= 0.3 is 5.97 Å². The zero-order valence-electron chi connectivity index (χ0n) is 16.0. The zero-order chi connectivity index (χ0) is 21.5. The summed E-state index contributed by atoms with van der Waals surface area (Å²) in [7, 11) is 0. The number of carboxylic acids is 1. The number of aliphatic carboxylic acids is 1. The molecule has 0 aliphatic carbocycles. The Bertz CT molecular complexity index is 1070. The third kappa shape index (κ3) is 5.49. The Morgan fingerprint density at radius 3 is 2.30 bits per heavy atom. The first-order valence-electron chi connectivity index (χ1n) is 9.23. The number of ether oxygens (including phenoxy) is 1. The van der Waals surface area contributed by atoms with E-state index in [9.17, 15) is 15.0 Å². The van der Waals surface area contributed by atoms with Crippen LogP contribution < -0.4 is 4.74 Å². The first-order chi connectivity index (χ1) is 14.4. The molecule has 0 heterocycles. The number of nitrogens with one attached hydrogen (secondary N) is 1. The van der Waals surface area contributed by atoms with Crippen molar-refractivity contribution in [3.8, 4) is 11.5 Å². The fourth-order valence-corrected chi connectivity index (χ4v) is 2.99. The van der Waals surface area contributed by atoms with Crippen LogP contribution in [0.1, 0.15) is 23.1 Å². The molecule has 3 rings (SSSR count). The lowest BCUT2D eigenvalue weighted by Gasteiger charge is -2.10. The molecule has 152 valence electrons. The summed E-state index contributed by atoms with van der Waals surface area (Å²) in [5.41, 5.74) is 2.20. The summed E-state index contributed by atoms with van der Waals surface area (Å²) >= 11 is 5.87. The minimum Gasteiger partial charge on any atom is -0.507 e. The first kappa shape index (κ1) is 21.1. The molecule has 0 saturated heterocycles. The highest BCUT2D eigenvalue weighted by Crippen LogP contribution is 2.23. The third-order valence-electron chi connectivity index (χ3n) is 4.43. The average Bonchev–Trinajstić information content (AvgIpc) is 2.74. The van der Waals surface area contributed by atoms with Crippen LogP contribution in [0.5, 0.6) is 11.5 Å². The molecule has 3 aromatic rings. The number of carbonyl (C=O) groups is 1. The number of para-hydroxylation sites is 1. The van der Waals surface area contributed by atoms with Crippen LogP contribution in [0.3, 0.4) is 0 Å². The summed E-state index contributed by atoms with van der Waals surface area (Å²) in [4.78, 5) is 11.7. The molecular formula is C24H20ClNO4. The number of phenolic OH excluding ortho intramolecular Hbond substituents is 1. The SMILES string of the molecule is N=C(CCOc1ccc(/C(=C\c2ccc(Cl)cc2)C(=O)O)cc1)c1ccccc1O. The monoisotopic (exact) mass is 421 g/mol. The van der Waals surface area contributed by atoms with Crippen LogP contribution in [0.25, 0.3) is 11.6 Å². The van der Waals surface area contributed by atoms with E-state index in [1.807, 2.05) is 0 Å². The second-order valence-corrected chi connectivity index (χ2v) is 6.97. The molecule has 6 heteroatoms. The smallest absolute Gasteiger partial charge is 0.336 e. The molecular weight excluding hydrogens is 402 g/mol. The van der Waals surface area contributed by atoms with Gasteiger partial charge in [-0.05, 0) is 53.6 Å². The van der Waals surface area contributed by atoms with Crippen LogP contribution >= 0.6 is 11.6 Å². The Balaban J connectivity index is 1.64. The Morgan fingerprint density at radius 2 is 1.67 bits per heavy atom. The fourth-order valence-electron chi connectivity index (χ4n) is 2.86. The molecule has 0 aliphatic rings. The van der Waals surface area contributed by atoms with Crippen molar-refractivity contribution < 1.29 is 19.7 Å². The van der Waals surface area contributed by atoms with Gasteiger partial charge in [-0.15, -0.1) is 0 Å². The van der Waals surface area contributed by atoms with Gasteiger partial charge in [0.2, 0.25) is 0 Å². The molecule has 0 radical (unpaired) electrons. The molecule has 0 saturated carbocycles. The lowest BCUT2D eigenvalue weighted by Crippen LogP contribution is -2.07. The quantitative estimate of drug-likeness (QED) is 0.254. The second kappa shape index (κ2) is 9.76. The van der Waals surface area contributed by atoms with Gasteiger partial charge in [0.15, 0.2) is 0 Å². The Morgan fingerprint density at radius 1 is 1.00 bits per heavy atom. The number of rotatable bonds is 8. The molecule has 3 N–H and O–H groups in total. The van der Waals surface area contributed by atoms with Crippen molar-refractivity contribution >= 4 is 34.9 Å². The fraction of sp³-hybridized carbons (Fsp3) is 0.0833. The van der Waals surface area contributed by atoms with Crippen LogP contribution in [0.2, 0.25) is 5.02 Å². The van der Waals surface area contributed by atoms with Crippen molar-refractivity contribution in [1.29, 1.82) is 5.41 Å². The summed E-state index contributed by atoms with van der Waals surface area (Å²) < 4.78 is 5.66. The maximum Gasteiger partial charge on any atom is 0.336 e. The average molecular weight is 422 g/mol. The van der Waals surface area contributed by atoms with Gasteiger partial charge in [0.25, 0.3) is 0 Å². The minimum atomic E-state index is -1.03. The van der Waals surface area contributed by atoms with E-state index in [4.69, 9.17) is 21.7 Å². The summed E-state index contributed by atoms with van der Waals surface area (Å²) in [6.07, 6.45) is 1.92. The van der Waals surface area contributed by atoms with Crippen molar-refractivity contribution in [3.05, 3.63) is 94.5 Å². The number of hydrogen-bond donors (Lipinski definition) is 3. The minimum absolute atomic E-state index is 0.0699. The van der Waals surface area contributed by atoms with Gasteiger partial charge in [0, 0.05) is 22.7 Å². The lowest BCUT2D eigenvalue weighted by molar-refractivity contribution is -0.130. The highest BCUT2D eigenvalue weighted by Gasteiger charge is 2.11. The van der Waals surface area contributed by atoms with Gasteiger partial charge in [0.05, 0.1) is 12.2 Å². The van der Waals surface area contributed by atoms with Crippen molar-refractivity contribution in [2.75, 3.05) is 6.61 Å². The molecule has 0 fully saturated rings. The predicted molar refractivity (Wildman–Crippen MR) is 118 cm³/mol. The molecule has 0 amide bonds. The number of phenols is 1. The third-order valence-corrected chi connectivity index (χ3v) is 4.68. The van der Waals surface area contributed by atoms with Gasteiger partial charge in [0.1, 0.15) is 11.5 Å². The topological polar surface area (TPSA) is 90.6 Å². The normalized spacial score (nSPS) is 11.2. The van der Waals surface area contributed by atoms with E-state index >= 15 is 0 Å². The van der Waals surface area contributed by atoms with Gasteiger partial charge in [-0.2, -0.15) is 0 Å². The number of carboxylic acid groups (broad SMARTS) is 1. The molecule has 30 heavy (non-hydrogen) atoms. The van der Waals surface area contributed by atoms with Crippen molar-refractivity contribution in [1.82, 2.24) is 0 Å². The highest BCUT2D eigenvalue weighted by molar-refractivity contribution is 6.30. The maximum absolute atomic E-state index is 11.7. The Kier molecular flexibility index (Phi) is 6.88. The van der Waals surface area contributed by atoms with Gasteiger partial charge in [-0.3, -0.25) is 0 Å². The van der Waals surface area contributed by atoms with E-state index < -0.39 is 5.97 Å². The lowest BCUT2D eigenvalue weighted by atomic mass is 10.0. The molecule has 0 unspecified atom stereocenters. The number of hydrogen-bond acceptors (Lipinski definition) is 4. The molecule has 0 bridgehead atoms. The van der Waals surface area contributed by atoms with Gasteiger partial charge in [-0.25, -0.2) is 4.79 Å². The number of halogens is 1. The zero-order valence-corrected chi connectivity index (χ0v) is 16.8. The van der Waals surface area contributed by atoms with Crippen LogP contribution in [-0.4, -0.2) is 28.5 Å². The van der Waals surface area contributed by atoms with Crippen LogP contribution in [-0.2, 0) is 4.79 Å². The molecule has 0 spiro atoms. The van der Waals surface area contributed by atoms with E-state index in [0.29, 0.717) is 28.3 Å². The van der Waals surface area contributed by atoms with E-state index in [2.05, 4.69) is 0 Å². The van der Waals surface area contributed by atoms with Gasteiger partial charge in [-0.1, -0.05) is 48.0 Å². The molecule has 0 aromatic heterocycles. The van der Waals surface area contributed by atoms with Crippen molar-refractivity contribution in [2.45, 2.75) is 6.42 Å². The van der Waals surface area contributed by atoms with Crippen LogP contribution in [0, 0.1) is 5.41 Å². The summed E-state index contributed by atoms with van der Waals surface area (Å²) in [6.45, 7) is 0.263.